The second kappa shape index (κ2) is 10.6. The fourth-order valence-corrected chi connectivity index (χ4v) is 4.87. The van der Waals surface area contributed by atoms with Crippen LogP contribution in [0.1, 0.15) is 81.1 Å². The van der Waals surface area contributed by atoms with Crippen molar-refractivity contribution < 1.29 is 23.6 Å². The highest BCUT2D eigenvalue weighted by atomic mass is 16.7. The maximum atomic E-state index is 13.1. The van der Waals surface area contributed by atoms with Crippen LogP contribution in [0.25, 0.3) is 0 Å². The van der Waals surface area contributed by atoms with E-state index in [9.17, 15) is 9.59 Å². The maximum Gasteiger partial charge on any atom is 0.498 e. The molecule has 3 aliphatic rings. The van der Waals surface area contributed by atoms with Gasteiger partial charge in [0.1, 0.15) is 11.6 Å². The number of likely N-dealkylation sites (tertiary alicyclic amines) is 1. The van der Waals surface area contributed by atoms with E-state index in [2.05, 4.69) is 10.2 Å². The molecule has 0 unspecified atom stereocenters. The molecule has 10 nitrogen and oxygen atoms in total. The highest BCUT2D eigenvalue weighted by molar-refractivity contribution is 6.61. The van der Waals surface area contributed by atoms with Gasteiger partial charge < -0.3 is 29.2 Å². The van der Waals surface area contributed by atoms with Gasteiger partial charge in [-0.3, -0.25) is 4.79 Å². The van der Waals surface area contributed by atoms with E-state index in [1.54, 1.807) is 40.1 Å². The van der Waals surface area contributed by atoms with E-state index in [0.29, 0.717) is 31.0 Å². The molecule has 2 atom stereocenters. The summed E-state index contributed by atoms with van der Waals surface area (Å²) in [5, 5.41) is 2.68. The van der Waals surface area contributed by atoms with E-state index >= 15 is 0 Å². The second-order valence-corrected chi connectivity index (χ2v) is 12.9. The predicted octanol–water partition coefficient (Wildman–Crippen LogP) is 2.90. The van der Waals surface area contributed by atoms with Crippen molar-refractivity contribution in [3.63, 3.8) is 0 Å². The van der Waals surface area contributed by atoms with Gasteiger partial charge in [0.05, 0.1) is 11.2 Å². The molecule has 1 aromatic heterocycles. The van der Waals surface area contributed by atoms with E-state index in [-0.39, 0.29) is 5.91 Å². The minimum Gasteiger partial charge on any atom is -0.444 e. The average Bonchev–Trinajstić information content (AvgIpc) is 3.62. The zero-order chi connectivity index (χ0) is 27.9. The lowest BCUT2D eigenvalue weighted by molar-refractivity contribution is -0.134. The zero-order valence-corrected chi connectivity index (χ0v) is 24.2. The van der Waals surface area contributed by atoms with Crippen LogP contribution < -0.4 is 15.7 Å². The molecule has 3 heterocycles. The highest BCUT2D eigenvalue weighted by Gasteiger charge is 2.52. The first-order chi connectivity index (χ1) is 17.6. The molecule has 0 bridgehead atoms. The first kappa shape index (κ1) is 28.6. The minimum absolute atomic E-state index is 0.0819. The molecule has 210 valence electrons. The molecule has 1 aromatic rings. The topological polar surface area (TPSA) is 106 Å². The quantitative estimate of drug-likeness (QED) is 0.538. The molecular formula is C27H44BN5O5. The Morgan fingerprint density at radius 2 is 1.76 bits per heavy atom. The molecule has 2 amide bonds. The average molecular weight is 529 g/mol. The molecule has 2 aliphatic heterocycles. The third kappa shape index (κ3) is 6.78. The molecule has 0 aromatic carbocycles. The number of hydrogen-bond donors (Lipinski definition) is 1. The minimum atomic E-state index is -0.644. The molecule has 1 saturated carbocycles. The van der Waals surface area contributed by atoms with E-state index in [1.807, 2.05) is 32.6 Å². The van der Waals surface area contributed by atoms with Crippen LogP contribution in [0, 0.1) is 5.92 Å². The Kier molecular flexibility index (Phi) is 8.01. The van der Waals surface area contributed by atoms with Crippen LogP contribution in [0.2, 0.25) is 0 Å². The van der Waals surface area contributed by atoms with Gasteiger partial charge in [0, 0.05) is 43.5 Å². The monoisotopic (exact) mass is 529 g/mol. The van der Waals surface area contributed by atoms with Gasteiger partial charge >= 0.3 is 13.2 Å². The number of nitrogens with one attached hydrogen (secondary N) is 1. The smallest absolute Gasteiger partial charge is 0.444 e. The van der Waals surface area contributed by atoms with Crippen molar-refractivity contribution in [2.24, 2.45) is 5.92 Å². The Morgan fingerprint density at radius 1 is 1.16 bits per heavy atom. The first-order valence-electron chi connectivity index (χ1n) is 13.9. The summed E-state index contributed by atoms with van der Waals surface area (Å²) in [6.07, 6.45) is 7.24. The third-order valence-corrected chi connectivity index (χ3v) is 7.82. The van der Waals surface area contributed by atoms with Gasteiger partial charge in [-0.25, -0.2) is 14.8 Å². The van der Waals surface area contributed by atoms with E-state index in [1.165, 1.54) is 0 Å². The molecule has 0 radical (unpaired) electrons. The lowest BCUT2D eigenvalue weighted by atomic mass is 9.81. The summed E-state index contributed by atoms with van der Waals surface area (Å²) in [6, 6.07) is -0.217. The van der Waals surface area contributed by atoms with Gasteiger partial charge in [-0.2, -0.15) is 0 Å². The van der Waals surface area contributed by atoms with Gasteiger partial charge in [0.15, 0.2) is 0 Å². The molecule has 4 rings (SSSR count). The van der Waals surface area contributed by atoms with Crippen LogP contribution in [0.5, 0.6) is 0 Å². The summed E-state index contributed by atoms with van der Waals surface area (Å²) in [4.78, 5) is 38.8. The van der Waals surface area contributed by atoms with Crippen molar-refractivity contribution in [2.75, 3.05) is 24.5 Å². The largest absolute Gasteiger partial charge is 0.498 e. The number of ether oxygens (including phenoxy) is 1. The van der Waals surface area contributed by atoms with Gasteiger partial charge in [0.2, 0.25) is 11.9 Å². The van der Waals surface area contributed by atoms with Gasteiger partial charge in [-0.1, -0.05) is 0 Å². The Balaban J connectivity index is 1.36. The third-order valence-electron chi connectivity index (χ3n) is 7.82. The lowest BCUT2D eigenvalue weighted by Crippen LogP contribution is -2.52. The van der Waals surface area contributed by atoms with Crippen LogP contribution in [0.3, 0.4) is 0 Å². The zero-order valence-electron chi connectivity index (χ0n) is 24.2. The summed E-state index contributed by atoms with van der Waals surface area (Å²) in [6.45, 7) is 17.4. The summed E-state index contributed by atoms with van der Waals surface area (Å²) >= 11 is 0. The fraction of sp³-hybridized carbons (Fsp3) is 0.778. The number of carbonyl (C=O) groups is 2. The molecule has 0 spiro atoms. The van der Waals surface area contributed by atoms with Gasteiger partial charge in [-0.15, -0.1) is 0 Å². The normalized spacial score (nSPS) is 23.6. The first-order valence-corrected chi connectivity index (χ1v) is 13.9. The lowest BCUT2D eigenvalue weighted by Gasteiger charge is -2.37. The molecule has 2 saturated heterocycles. The van der Waals surface area contributed by atoms with Crippen LogP contribution in [0.4, 0.5) is 10.7 Å². The maximum absolute atomic E-state index is 13.1. The van der Waals surface area contributed by atoms with Crippen LogP contribution in [0.15, 0.2) is 12.4 Å². The van der Waals surface area contributed by atoms with Crippen molar-refractivity contribution in [1.82, 2.24) is 20.2 Å². The summed E-state index contributed by atoms with van der Waals surface area (Å²) in [5.74, 6) is 0.922. The Labute approximate surface area is 227 Å². The number of piperidine rings is 1. The Bertz CT molecular complexity index is 992. The SMILES string of the molecule is C[C@@H](NC(=O)OC(C)(C)C)C(=O)N1CCC[C@@H](CN(c2ncc(B3OC(C)(C)C(C)(C)O3)cn2)C2CC2)C1. The number of nitrogens with zero attached hydrogens (tertiary/aromatic N) is 4. The molecular weight excluding hydrogens is 485 g/mol. The second-order valence-electron chi connectivity index (χ2n) is 12.9. The van der Waals surface area contributed by atoms with Crippen molar-refractivity contribution in [3.05, 3.63) is 12.4 Å². The molecule has 3 fully saturated rings. The highest BCUT2D eigenvalue weighted by Crippen LogP contribution is 2.36. The molecule has 1 N–H and O–H groups in total. The molecule has 11 heteroatoms. The van der Waals surface area contributed by atoms with Crippen LogP contribution in [-0.2, 0) is 18.8 Å². The molecule has 1 aliphatic carbocycles. The Morgan fingerprint density at radius 3 is 2.32 bits per heavy atom. The molecule has 38 heavy (non-hydrogen) atoms. The van der Waals surface area contributed by atoms with Crippen molar-refractivity contribution in [1.29, 1.82) is 0 Å². The van der Waals surface area contributed by atoms with Crippen molar-refractivity contribution in [3.8, 4) is 0 Å². The number of hydrogen-bond acceptors (Lipinski definition) is 8. The number of alkyl carbamates (subject to hydrolysis) is 1. The van der Waals surface area contributed by atoms with Crippen LogP contribution >= 0.6 is 0 Å². The number of anilines is 1. The standard InChI is InChI=1S/C27H44BN5O5/c1-18(31-24(35)36-25(2,3)4)22(34)32-13-9-10-19(16-32)17-33(21-11-12-21)23-29-14-20(15-30-23)28-37-26(5,6)27(7,8)38-28/h14-15,18-19,21H,9-13,16-17H2,1-8H3,(H,31,35)/t18-,19-/m1/s1. The predicted molar refractivity (Wildman–Crippen MR) is 146 cm³/mol. The number of carbonyl (C=O) groups excluding carboxylic acids is 2. The summed E-state index contributed by atoms with van der Waals surface area (Å²) < 4.78 is 17.6. The Hall–Kier alpha value is -2.40. The van der Waals surface area contributed by atoms with E-state index in [4.69, 9.17) is 24.0 Å². The van der Waals surface area contributed by atoms with E-state index < -0.39 is 36.1 Å². The number of amides is 2. The number of rotatable bonds is 7. The van der Waals surface area contributed by atoms with Crippen molar-refractivity contribution >= 4 is 30.5 Å². The fourth-order valence-electron chi connectivity index (χ4n) is 4.87. The van der Waals surface area contributed by atoms with Crippen LogP contribution in [-0.4, -0.2) is 82.5 Å². The summed E-state index contributed by atoms with van der Waals surface area (Å²) in [5.41, 5.74) is -0.634. The van der Waals surface area contributed by atoms with E-state index in [0.717, 1.165) is 37.7 Å². The number of aromatic nitrogens is 2. The summed E-state index contributed by atoms with van der Waals surface area (Å²) in [7, 11) is -0.488. The van der Waals surface area contributed by atoms with Gasteiger partial charge in [-0.05, 0) is 87.0 Å². The van der Waals surface area contributed by atoms with Crippen molar-refractivity contribution in [2.45, 2.75) is 110 Å². The van der Waals surface area contributed by atoms with Gasteiger partial charge in [0.25, 0.3) is 0 Å².